The van der Waals surface area contributed by atoms with E-state index in [9.17, 15) is 9.90 Å². The summed E-state index contributed by atoms with van der Waals surface area (Å²) in [4.78, 5) is 12.8. The fraction of sp³-hybridized carbons (Fsp3) is 0.105. The van der Waals surface area contributed by atoms with E-state index in [0.717, 1.165) is 9.35 Å². The maximum Gasteiger partial charge on any atom is 0.348 e. The van der Waals surface area contributed by atoms with Gasteiger partial charge < -0.3 is 9.84 Å². The van der Waals surface area contributed by atoms with E-state index in [4.69, 9.17) is 4.74 Å². The van der Waals surface area contributed by atoms with E-state index in [0.29, 0.717) is 11.1 Å². The van der Waals surface area contributed by atoms with Gasteiger partial charge in [0.05, 0.1) is 3.79 Å². The molecule has 0 saturated heterocycles. The zero-order valence-corrected chi connectivity index (χ0v) is 15.1. The van der Waals surface area contributed by atoms with Crippen LogP contribution in [0.1, 0.15) is 16.7 Å². The van der Waals surface area contributed by atoms with Crippen LogP contribution in [0.25, 0.3) is 0 Å². The second kappa shape index (κ2) is 7.30. The lowest BCUT2D eigenvalue weighted by Crippen LogP contribution is -2.38. The number of esters is 1. The number of rotatable bonds is 5. The Morgan fingerprint density at radius 1 is 1.04 bits per heavy atom. The van der Waals surface area contributed by atoms with Crippen molar-refractivity contribution in [1.82, 2.24) is 0 Å². The standard InChI is InChI=1S/C19H15BrO3S/c20-17-11-14(13-24-17)12-23-18(21)19(22,15-7-3-1-4-8-15)16-9-5-2-6-10-16/h1-11,13,22H,12H2. The molecule has 0 unspecified atom stereocenters. The Kier molecular flexibility index (Phi) is 5.14. The summed E-state index contributed by atoms with van der Waals surface area (Å²) in [5.74, 6) is -0.692. The molecule has 3 nitrogen and oxygen atoms in total. The molecule has 0 saturated carbocycles. The van der Waals surface area contributed by atoms with Crippen molar-refractivity contribution < 1.29 is 14.6 Å². The van der Waals surface area contributed by atoms with Gasteiger partial charge in [0.2, 0.25) is 5.60 Å². The van der Waals surface area contributed by atoms with E-state index < -0.39 is 11.6 Å². The third-order valence-corrected chi connectivity index (χ3v) is 5.22. The van der Waals surface area contributed by atoms with Crippen LogP contribution in [-0.4, -0.2) is 11.1 Å². The van der Waals surface area contributed by atoms with E-state index >= 15 is 0 Å². The smallest absolute Gasteiger partial charge is 0.348 e. The van der Waals surface area contributed by atoms with Crippen molar-refractivity contribution in [2.45, 2.75) is 12.2 Å². The number of ether oxygens (including phenoxy) is 1. The molecule has 1 heterocycles. The summed E-state index contributed by atoms with van der Waals surface area (Å²) in [6.45, 7) is 0.114. The summed E-state index contributed by atoms with van der Waals surface area (Å²) in [6.07, 6.45) is 0. The van der Waals surface area contributed by atoms with E-state index in [1.54, 1.807) is 48.5 Å². The van der Waals surface area contributed by atoms with Gasteiger partial charge in [-0.1, -0.05) is 60.7 Å². The summed E-state index contributed by atoms with van der Waals surface area (Å²) in [7, 11) is 0. The van der Waals surface area contributed by atoms with Crippen molar-refractivity contribution in [2.24, 2.45) is 0 Å². The van der Waals surface area contributed by atoms with E-state index in [1.165, 1.54) is 11.3 Å². The number of carbonyl (C=O) groups excluding carboxylic acids is 1. The highest BCUT2D eigenvalue weighted by molar-refractivity contribution is 9.11. The molecule has 3 aromatic rings. The Labute approximate surface area is 152 Å². The van der Waals surface area contributed by atoms with Gasteiger partial charge in [0.15, 0.2) is 0 Å². The van der Waals surface area contributed by atoms with Gasteiger partial charge in [-0.05, 0) is 38.5 Å². The number of thiophene rings is 1. The lowest BCUT2D eigenvalue weighted by molar-refractivity contribution is -0.163. The Bertz CT molecular complexity index is 775. The maximum atomic E-state index is 12.8. The molecule has 24 heavy (non-hydrogen) atoms. The van der Waals surface area contributed by atoms with Gasteiger partial charge in [-0.2, -0.15) is 0 Å². The minimum Gasteiger partial charge on any atom is -0.458 e. The predicted molar refractivity (Wildman–Crippen MR) is 97.7 cm³/mol. The molecule has 1 N–H and O–H groups in total. The highest BCUT2D eigenvalue weighted by Crippen LogP contribution is 2.31. The van der Waals surface area contributed by atoms with Gasteiger partial charge in [-0.3, -0.25) is 0 Å². The molecule has 122 valence electrons. The SMILES string of the molecule is O=C(OCc1csc(Br)c1)C(O)(c1ccccc1)c1ccccc1. The zero-order valence-electron chi connectivity index (χ0n) is 12.7. The van der Waals surface area contributed by atoms with Crippen molar-refractivity contribution in [1.29, 1.82) is 0 Å². The van der Waals surface area contributed by atoms with Crippen molar-refractivity contribution >= 4 is 33.2 Å². The Morgan fingerprint density at radius 2 is 1.58 bits per heavy atom. The molecule has 5 heteroatoms. The number of halogens is 1. The van der Waals surface area contributed by atoms with Gasteiger partial charge in [0.25, 0.3) is 0 Å². The molecule has 0 atom stereocenters. The van der Waals surface area contributed by atoms with Crippen molar-refractivity contribution in [3.05, 3.63) is 92.6 Å². The molecule has 2 aromatic carbocycles. The van der Waals surface area contributed by atoms with Crippen molar-refractivity contribution in [3.63, 3.8) is 0 Å². The highest BCUT2D eigenvalue weighted by Gasteiger charge is 2.41. The van der Waals surface area contributed by atoms with Crippen LogP contribution in [-0.2, 0) is 21.7 Å². The summed E-state index contributed by atoms with van der Waals surface area (Å²) < 4.78 is 6.38. The van der Waals surface area contributed by atoms with Crippen LogP contribution in [0.5, 0.6) is 0 Å². The average molecular weight is 403 g/mol. The molecule has 3 rings (SSSR count). The van der Waals surface area contributed by atoms with E-state index in [1.807, 2.05) is 23.6 Å². The number of benzene rings is 2. The van der Waals surface area contributed by atoms with Gasteiger partial charge in [0.1, 0.15) is 6.61 Å². The fourth-order valence-corrected chi connectivity index (χ4v) is 3.63. The third kappa shape index (κ3) is 3.43. The van der Waals surface area contributed by atoms with Crippen LogP contribution in [0.4, 0.5) is 0 Å². The molecule has 0 bridgehead atoms. The van der Waals surface area contributed by atoms with Gasteiger partial charge in [-0.25, -0.2) is 4.79 Å². The van der Waals surface area contributed by atoms with Crippen LogP contribution in [0.3, 0.4) is 0 Å². The normalized spacial score (nSPS) is 11.2. The highest BCUT2D eigenvalue weighted by atomic mass is 79.9. The van der Waals surface area contributed by atoms with E-state index in [-0.39, 0.29) is 6.61 Å². The first-order chi connectivity index (χ1) is 11.6. The number of carbonyl (C=O) groups is 1. The second-order valence-electron chi connectivity index (χ2n) is 5.28. The molecule has 0 spiro atoms. The Morgan fingerprint density at radius 3 is 2.04 bits per heavy atom. The van der Waals surface area contributed by atoms with Crippen LogP contribution in [0.2, 0.25) is 0 Å². The second-order valence-corrected chi connectivity index (χ2v) is 7.57. The summed E-state index contributed by atoms with van der Waals surface area (Å²) >= 11 is 4.90. The fourth-order valence-electron chi connectivity index (χ4n) is 2.44. The van der Waals surface area contributed by atoms with Gasteiger partial charge in [0, 0.05) is 5.56 Å². The Hall–Kier alpha value is -1.95. The lowest BCUT2D eigenvalue weighted by atomic mass is 9.86. The monoisotopic (exact) mass is 402 g/mol. The molecule has 0 radical (unpaired) electrons. The summed E-state index contributed by atoms with van der Waals surface area (Å²) in [5, 5.41) is 13.1. The van der Waals surface area contributed by atoms with Gasteiger partial charge in [-0.15, -0.1) is 11.3 Å². The van der Waals surface area contributed by atoms with Gasteiger partial charge >= 0.3 is 5.97 Å². The molecule has 0 amide bonds. The Balaban J connectivity index is 1.91. The molecule has 0 aliphatic carbocycles. The van der Waals surface area contributed by atoms with Crippen LogP contribution >= 0.6 is 27.3 Å². The third-order valence-electron chi connectivity index (χ3n) is 3.67. The molecule has 0 fully saturated rings. The molecular formula is C19H15BrO3S. The van der Waals surface area contributed by atoms with Crippen LogP contribution in [0.15, 0.2) is 75.9 Å². The first-order valence-corrected chi connectivity index (χ1v) is 9.01. The number of aliphatic hydroxyl groups is 1. The molecule has 0 aliphatic heterocycles. The van der Waals surface area contributed by atoms with E-state index in [2.05, 4.69) is 15.9 Å². The largest absolute Gasteiger partial charge is 0.458 e. The molecule has 1 aromatic heterocycles. The number of hydrogen-bond acceptors (Lipinski definition) is 4. The average Bonchev–Trinajstić information content (AvgIpc) is 3.05. The minimum absolute atomic E-state index is 0.114. The van der Waals surface area contributed by atoms with Crippen molar-refractivity contribution in [2.75, 3.05) is 0 Å². The topological polar surface area (TPSA) is 46.5 Å². The quantitative estimate of drug-likeness (QED) is 0.639. The van der Waals surface area contributed by atoms with Crippen LogP contribution < -0.4 is 0 Å². The maximum absolute atomic E-state index is 12.8. The zero-order chi connectivity index (χ0) is 17.0. The number of hydrogen-bond donors (Lipinski definition) is 1. The molecule has 0 aliphatic rings. The van der Waals surface area contributed by atoms with Crippen molar-refractivity contribution in [3.8, 4) is 0 Å². The summed E-state index contributed by atoms with van der Waals surface area (Å²) in [6, 6.07) is 19.6. The predicted octanol–water partition coefficient (Wildman–Crippen LogP) is 4.49. The summed E-state index contributed by atoms with van der Waals surface area (Å²) in [5.41, 5.74) is -0.000400. The van der Waals surface area contributed by atoms with Crippen LogP contribution in [0, 0.1) is 0 Å². The lowest BCUT2D eigenvalue weighted by Gasteiger charge is -2.27. The first kappa shape index (κ1) is 16.9. The minimum atomic E-state index is -1.84. The first-order valence-electron chi connectivity index (χ1n) is 7.34. The molecular weight excluding hydrogens is 388 g/mol.